The van der Waals surface area contributed by atoms with Crippen molar-refractivity contribution in [1.82, 2.24) is 4.90 Å². The van der Waals surface area contributed by atoms with Crippen molar-refractivity contribution in [2.45, 2.75) is 83.0 Å². The molecule has 0 aromatic heterocycles. The van der Waals surface area contributed by atoms with Gasteiger partial charge in [-0.3, -0.25) is 4.90 Å². The molecule has 0 aliphatic carbocycles. The molecule has 2 nitrogen and oxygen atoms in total. The first-order chi connectivity index (χ1) is 7.04. The van der Waals surface area contributed by atoms with E-state index in [1.54, 1.807) is 0 Å². The molecule has 0 aromatic rings. The molecule has 2 heteroatoms. The number of rotatable bonds is 2. The molecule has 2 N–H and O–H groups in total. The number of nitrogens with two attached hydrogens (primary N) is 1. The van der Waals surface area contributed by atoms with Crippen molar-refractivity contribution >= 4 is 0 Å². The van der Waals surface area contributed by atoms with Gasteiger partial charge in [-0.05, 0) is 46.0 Å². The summed E-state index contributed by atoms with van der Waals surface area (Å²) in [6, 6.07) is 1.99. The van der Waals surface area contributed by atoms with Crippen LogP contribution in [0.4, 0.5) is 0 Å². The molecular formula is C13H26N2. The van der Waals surface area contributed by atoms with E-state index in [1.807, 2.05) is 0 Å². The van der Waals surface area contributed by atoms with Crippen molar-refractivity contribution in [3.8, 4) is 0 Å². The highest BCUT2D eigenvalue weighted by Crippen LogP contribution is 2.39. The minimum Gasteiger partial charge on any atom is -0.328 e. The van der Waals surface area contributed by atoms with E-state index in [0.717, 1.165) is 12.1 Å². The average molecular weight is 210 g/mol. The Morgan fingerprint density at radius 1 is 1.20 bits per heavy atom. The van der Waals surface area contributed by atoms with Gasteiger partial charge in [-0.2, -0.15) is 0 Å². The lowest BCUT2D eigenvalue weighted by Crippen LogP contribution is -2.62. The first-order valence-electron chi connectivity index (χ1n) is 6.58. The Balaban J connectivity index is 2.17. The van der Waals surface area contributed by atoms with Gasteiger partial charge >= 0.3 is 0 Å². The van der Waals surface area contributed by atoms with E-state index in [0.29, 0.717) is 11.6 Å². The molecule has 2 saturated heterocycles. The molecule has 15 heavy (non-hydrogen) atoms. The molecule has 2 aliphatic heterocycles. The third-order valence-electron chi connectivity index (χ3n) is 4.58. The first kappa shape index (κ1) is 11.4. The Morgan fingerprint density at radius 2 is 1.73 bits per heavy atom. The molecule has 2 atom stereocenters. The molecule has 88 valence electrons. The van der Waals surface area contributed by atoms with E-state index >= 15 is 0 Å². The lowest BCUT2D eigenvalue weighted by molar-refractivity contribution is -0.0454. The van der Waals surface area contributed by atoms with Gasteiger partial charge in [0.15, 0.2) is 0 Å². The lowest BCUT2D eigenvalue weighted by Gasteiger charge is -2.55. The van der Waals surface area contributed by atoms with Crippen LogP contribution in [0.5, 0.6) is 0 Å². The predicted octanol–water partition coefficient (Wildman–Crippen LogP) is 2.52. The Bertz CT molecular complexity index is 211. The standard InChI is InChI=1S/C13H26N2/c1-4-13(2,3)15-11-6-5-7-12(15)9-10(14)8-11/h10-12H,4-9,14H2,1-3H3. The van der Waals surface area contributed by atoms with Crippen LogP contribution in [-0.4, -0.2) is 28.6 Å². The molecule has 2 unspecified atom stereocenters. The highest BCUT2D eigenvalue weighted by atomic mass is 15.3. The van der Waals surface area contributed by atoms with Crippen LogP contribution < -0.4 is 5.73 Å². The van der Waals surface area contributed by atoms with Crippen molar-refractivity contribution in [2.75, 3.05) is 0 Å². The second-order valence-electron chi connectivity index (χ2n) is 6.04. The monoisotopic (exact) mass is 210 g/mol. The van der Waals surface area contributed by atoms with Gasteiger partial charge < -0.3 is 5.73 Å². The summed E-state index contributed by atoms with van der Waals surface area (Å²) in [5.74, 6) is 0. The lowest BCUT2D eigenvalue weighted by atomic mass is 9.78. The Hall–Kier alpha value is -0.0800. The zero-order valence-electron chi connectivity index (χ0n) is 10.5. The molecule has 2 rings (SSSR count). The zero-order chi connectivity index (χ0) is 11.1. The minimum absolute atomic E-state index is 0.371. The molecule has 0 spiro atoms. The first-order valence-corrected chi connectivity index (χ1v) is 6.58. The summed E-state index contributed by atoms with van der Waals surface area (Å²) in [6.45, 7) is 7.11. The van der Waals surface area contributed by atoms with Gasteiger partial charge in [0.1, 0.15) is 0 Å². The number of piperidine rings is 2. The molecule has 2 heterocycles. The van der Waals surface area contributed by atoms with Crippen LogP contribution in [0.25, 0.3) is 0 Å². The zero-order valence-corrected chi connectivity index (χ0v) is 10.5. The SMILES string of the molecule is CCC(C)(C)N1C2CCCC1CC(N)C2. The highest BCUT2D eigenvalue weighted by molar-refractivity contribution is 4.99. The fourth-order valence-corrected chi connectivity index (χ4v) is 3.59. The van der Waals surface area contributed by atoms with E-state index in [4.69, 9.17) is 5.73 Å². The molecule has 0 amide bonds. The van der Waals surface area contributed by atoms with E-state index in [2.05, 4.69) is 25.7 Å². The molecule has 2 fully saturated rings. The summed E-state index contributed by atoms with van der Waals surface area (Å²) in [7, 11) is 0. The van der Waals surface area contributed by atoms with Gasteiger partial charge in [-0.1, -0.05) is 13.3 Å². The van der Waals surface area contributed by atoms with Crippen molar-refractivity contribution in [1.29, 1.82) is 0 Å². The summed E-state index contributed by atoms with van der Waals surface area (Å²) < 4.78 is 0. The third kappa shape index (κ3) is 2.07. The van der Waals surface area contributed by atoms with Crippen LogP contribution in [0.2, 0.25) is 0 Å². The Kier molecular flexibility index (Phi) is 3.09. The maximum Gasteiger partial charge on any atom is 0.0156 e. The van der Waals surface area contributed by atoms with E-state index in [9.17, 15) is 0 Å². The summed E-state index contributed by atoms with van der Waals surface area (Å²) in [6.07, 6.45) is 7.84. The predicted molar refractivity (Wildman–Crippen MR) is 64.8 cm³/mol. The van der Waals surface area contributed by atoms with Crippen molar-refractivity contribution in [3.05, 3.63) is 0 Å². The molecule has 2 aliphatic rings. The minimum atomic E-state index is 0.371. The van der Waals surface area contributed by atoms with Crippen LogP contribution in [0, 0.1) is 0 Å². The van der Waals surface area contributed by atoms with Crippen LogP contribution in [0.1, 0.15) is 59.3 Å². The maximum atomic E-state index is 6.15. The van der Waals surface area contributed by atoms with E-state index in [-0.39, 0.29) is 0 Å². The molecule has 2 bridgehead atoms. The van der Waals surface area contributed by atoms with Crippen LogP contribution >= 0.6 is 0 Å². The average Bonchev–Trinajstić information content (AvgIpc) is 2.16. The van der Waals surface area contributed by atoms with E-state index < -0.39 is 0 Å². The smallest absolute Gasteiger partial charge is 0.0156 e. The second kappa shape index (κ2) is 4.06. The topological polar surface area (TPSA) is 29.3 Å². The number of hydrogen-bond donors (Lipinski definition) is 1. The van der Waals surface area contributed by atoms with Crippen molar-refractivity contribution < 1.29 is 0 Å². The second-order valence-corrected chi connectivity index (χ2v) is 6.04. The summed E-state index contributed by atoms with van der Waals surface area (Å²) >= 11 is 0. The van der Waals surface area contributed by atoms with Gasteiger partial charge in [0.05, 0.1) is 0 Å². The fourth-order valence-electron chi connectivity index (χ4n) is 3.59. The van der Waals surface area contributed by atoms with Crippen LogP contribution in [-0.2, 0) is 0 Å². The van der Waals surface area contributed by atoms with Crippen molar-refractivity contribution in [2.24, 2.45) is 5.73 Å². The summed E-state index contributed by atoms with van der Waals surface area (Å²) in [4.78, 5) is 2.79. The number of nitrogens with zero attached hydrogens (tertiary/aromatic N) is 1. The van der Waals surface area contributed by atoms with Gasteiger partial charge in [-0.25, -0.2) is 0 Å². The fraction of sp³-hybridized carbons (Fsp3) is 1.00. The van der Waals surface area contributed by atoms with Crippen molar-refractivity contribution in [3.63, 3.8) is 0 Å². The highest BCUT2D eigenvalue weighted by Gasteiger charge is 2.43. The summed E-state index contributed by atoms with van der Waals surface area (Å²) in [5, 5.41) is 0. The maximum absolute atomic E-state index is 6.15. The molecule has 0 radical (unpaired) electrons. The van der Waals surface area contributed by atoms with E-state index in [1.165, 1.54) is 38.5 Å². The Labute approximate surface area is 94.2 Å². The van der Waals surface area contributed by atoms with Crippen LogP contribution in [0.15, 0.2) is 0 Å². The van der Waals surface area contributed by atoms with Gasteiger partial charge in [-0.15, -0.1) is 0 Å². The largest absolute Gasteiger partial charge is 0.328 e. The number of hydrogen-bond acceptors (Lipinski definition) is 2. The third-order valence-corrected chi connectivity index (χ3v) is 4.58. The molecule has 0 aromatic carbocycles. The quantitative estimate of drug-likeness (QED) is 0.759. The van der Waals surface area contributed by atoms with Gasteiger partial charge in [0.2, 0.25) is 0 Å². The van der Waals surface area contributed by atoms with Gasteiger partial charge in [0.25, 0.3) is 0 Å². The normalized spacial score (nSPS) is 38.0. The summed E-state index contributed by atoms with van der Waals surface area (Å²) in [5.41, 5.74) is 6.52. The molecule has 0 saturated carbocycles. The van der Waals surface area contributed by atoms with Gasteiger partial charge in [0, 0.05) is 23.7 Å². The van der Waals surface area contributed by atoms with Crippen LogP contribution in [0.3, 0.4) is 0 Å². The number of fused-ring (bicyclic) bond motifs is 2. The Morgan fingerprint density at radius 3 is 2.20 bits per heavy atom. The molecular weight excluding hydrogens is 184 g/mol.